The van der Waals surface area contributed by atoms with Crippen molar-refractivity contribution in [2.45, 2.75) is 95.8 Å². The second-order valence-electron chi connectivity index (χ2n) is 6.17. The van der Waals surface area contributed by atoms with Gasteiger partial charge < -0.3 is 0 Å². The minimum absolute atomic E-state index is 1.22. The van der Waals surface area contributed by atoms with Crippen LogP contribution in [0, 0.1) is 0 Å². The van der Waals surface area contributed by atoms with E-state index in [1.165, 1.54) is 36.0 Å². The summed E-state index contributed by atoms with van der Waals surface area (Å²) >= 11 is -1.72. The van der Waals surface area contributed by atoms with Crippen LogP contribution < -0.4 is 0 Å². The fraction of sp³-hybridized carbons (Fsp3) is 1.00. The van der Waals surface area contributed by atoms with Crippen molar-refractivity contribution in [1.82, 2.24) is 0 Å². The number of hydrogen-bond acceptors (Lipinski definition) is 0. The van der Waals surface area contributed by atoms with Crippen molar-refractivity contribution in [3.8, 4) is 0 Å². The molecule has 0 saturated heterocycles. The Hall–Kier alpha value is 0.799. The molecule has 0 aromatic rings. The van der Waals surface area contributed by atoms with E-state index in [1.807, 2.05) is 0 Å². The molecule has 0 spiro atoms. The van der Waals surface area contributed by atoms with Gasteiger partial charge in [0.15, 0.2) is 0 Å². The summed E-state index contributed by atoms with van der Waals surface area (Å²) in [5.41, 5.74) is 0. The van der Waals surface area contributed by atoms with Crippen LogP contribution in [0.25, 0.3) is 0 Å². The SMILES string of the molecule is C[CH2][Sn]([CH2]C)([CH2]C)[CH]1CCCCCCCCC1. The average Bonchev–Trinajstić information content (AvgIpc) is 2.39. The molecule has 0 heterocycles. The average molecular weight is 345 g/mol. The van der Waals surface area contributed by atoms with Gasteiger partial charge in [0.05, 0.1) is 0 Å². The molecule has 1 fully saturated rings. The number of hydrogen-bond donors (Lipinski definition) is 0. The van der Waals surface area contributed by atoms with E-state index in [9.17, 15) is 0 Å². The topological polar surface area (TPSA) is 0 Å². The Labute approximate surface area is 114 Å². The van der Waals surface area contributed by atoms with Crippen molar-refractivity contribution in [2.75, 3.05) is 0 Å². The first-order valence-corrected chi connectivity index (χ1v) is 16.0. The van der Waals surface area contributed by atoms with Crippen molar-refractivity contribution < 1.29 is 0 Å². The molecule has 102 valence electrons. The van der Waals surface area contributed by atoms with Crippen LogP contribution in [0.4, 0.5) is 0 Å². The molecular formula is C16H34Sn. The quantitative estimate of drug-likeness (QED) is 0.518. The van der Waals surface area contributed by atoms with Crippen molar-refractivity contribution in [3.05, 3.63) is 0 Å². The fourth-order valence-corrected chi connectivity index (χ4v) is 17.9. The molecule has 1 heteroatoms. The Morgan fingerprint density at radius 3 is 1.35 bits per heavy atom. The van der Waals surface area contributed by atoms with Gasteiger partial charge in [-0.15, -0.1) is 0 Å². The summed E-state index contributed by atoms with van der Waals surface area (Å²) in [5, 5.41) is 0. The van der Waals surface area contributed by atoms with Crippen LogP contribution >= 0.6 is 0 Å². The van der Waals surface area contributed by atoms with Gasteiger partial charge in [-0.1, -0.05) is 0 Å². The predicted octanol–water partition coefficient (Wildman–Crippen LogP) is 6.39. The van der Waals surface area contributed by atoms with Gasteiger partial charge in [0.2, 0.25) is 0 Å². The minimum atomic E-state index is -1.72. The first-order valence-electron chi connectivity index (χ1n) is 8.29. The third kappa shape index (κ3) is 4.76. The Morgan fingerprint density at radius 2 is 1.00 bits per heavy atom. The molecule has 17 heavy (non-hydrogen) atoms. The summed E-state index contributed by atoms with van der Waals surface area (Å²) < 4.78 is 6.04. The molecule has 0 unspecified atom stereocenters. The van der Waals surface area contributed by atoms with E-state index in [4.69, 9.17) is 0 Å². The molecule has 0 aromatic heterocycles. The Morgan fingerprint density at radius 1 is 0.647 bits per heavy atom. The van der Waals surface area contributed by atoms with Crippen LogP contribution in [0.15, 0.2) is 0 Å². The number of rotatable bonds is 4. The van der Waals surface area contributed by atoms with Crippen LogP contribution in [-0.4, -0.2) is 18.4 Å². The van der Waals surface area contributed by atoms with Gasteiger partial charge in [0.25, 0.3) is 0 Å². The molecule has 0 aliphatic heterocycles. The van der Waals surface area contributed by atoms with Crippen molar-refractivity contribution >= 4 is 18.4 Å². The van der Waals surface area contributed by atoms with Crippen LogP contribution in [0.1, 0.15) is 78.6 Å². The first kappa shape index (κ1) is 15.9. The zero-order valence-electron chi connectivity index (χ0n) is 12.6. The zero-order chi connectivity index (χ0) is 12.6. The van der Waals surface area contributed by atoms with Gasteiger partial charge in [-0.05, 0) is 0 Å². The molecule has 0 radical (unpaired) electrons. The summed E-state index contributed by atoms with van der Waals surface area (Å²) in [7, 11) is 0. The van der Waals surface area contributed by atoms with E-state index in [0.29, 0.717) is 0 Å². The van der Waals surface area contributed by atoms with Crippen LogP contribution in [0.5, 0.6) is 0 Å². The maximum absolute atomic E-state index is 2.52. The molecule has 0 nitrogen and oxygen atoms in total. The third-order valence-electron chi connectivity index (χ3n) is 5.58. The van der Waals surface area contributed by atoms with Gasteiger partial charge in [0.1, 0.15) is 0 Å². The van der Waals surface area contributed by atoms with Gasteiger partial charge in [-0.3, -0.25) is 0 Å². The molecule has 0 atom stereocenters. The van der Waals surface area contributed by atoms with E-state index in [-0.39, 0.29) is 0 Å². The standard InChI is InChI=1S/C10H19.3C2H5.Sn/c1-2-4-6-8-10-9-7-5-3-1;3*1-2;/h1H,2-10H2;3*1H2,2H3;. The molecular weight excluding hydrogens is 311 g/mol. The molecule has 1 rings (SSSR count). The van der Waals surface area contributed by atoms with E-state index in [0.717, 1.165) is 0 Å². The molecule has 0 aromatic carbocycles. The first-order chi connectivity index (χ1) is 8.29. The van der Waals surface area contributed by atoms with Crippen molar-refractivity contribution in [3.63, 3.8) is 0 Å². The monoisotopic (exact) mass is 346 g/mol. The van der Waals surface area contributed by atoms with Crippen LogP contribution in [0.3, 0.4) is 0 Å². The van der Waals surface area contributed by atoms with E-state index in [1.54, 1.807) is 39.0 Å². The van der Waals surface area contributed by atoms with Gasteiger partial charge in [0, 0.05) is 0 Å². The van der Waals surface area contributed by atoms with Gasteiger partial charge in [-0.25, -0.2) is 0 Å². The van der Waals surface area contributed by atoms with E-state index >= 15 is 0 Å². The van der Waals surface area contributed by atoms with Crippen LogP contribution in [0.2, 0.25) is 17.2 Å². The maximum atomic E-state index is 2.52. The Kier molecular flexibility index (Phi) is 8.23. The molecule has 1 saturated carbocycles. The fourth-order valence-electron chi connectivity index (χ4n) is 4.04. The van der Waals surface area contributed by atoms with E-state index in [2.05, 4.69) is 20.8 Å². The molecule has 1 aliphatic rings. The summed E-state index contributed by atoms with van der Waals surface area (Å²) in [4.78, 5) is 0. The van der Waals surface area contributed by atoms with Gasteiger partial charge in [-0.2, -0.15) is 0 Å². The van der Waals surface area contributed by atoms with Crippen LogP contribution in [-0.2, 0) is 0 Å². The van der Waals surface area contributed by atoms with E-state index < -0.39 is 18.4 Å². The summed E-state index contributed by atoms with van der Waals surface area (Å²) in [6.45, 7) is 7.55. The normalized spacial score (nSPS) is 21.4. The van der Waals surface area contributed by atoms with Crippen molar-refractivity contribution in [1.29, 1.82) is 0 Å². The molecule has 0 amide bonds. The summed E-state index contributed by atoms with van der Waals surface area (Å²) in [6.07, 6.45) is 13.9. The predicted molar refractivity (Wildman–Crippen MR) is 82.5 cm³/mol. The zero-order valence-corrected chi connectivity index (χ0v) is 15.4. The second kappa shape index (κ2) is 8.82. The molecule has 0 bridgehead atoms. The Bertz CT molecular complexity index is 166. The van der Waals surface area contributed by atoms with Gasteiger partial charge >= 0.3 is 114 Å². The molecule has 0 N–H and O–H groups in total. The molecule has 1 aliphatic carbocycles. The Balaban J connectivity index is 2.61. The van der Waals surface area contributed by atoms with Crippen molar-refractivity contribution in [2.24, 2.45) is 0 Å². The third-order valence-corrected chi connectivity index (χ3v) is 24.2. The summed E-state index contributed by atoms with van der Waals surface area (Å²) in [6, 6.07) is 0. The second-order valence-corrected chi connectivity index (χ2v) is 22.3. The summed E-state index contributed by atoms with van der Waals surface area (Å²) in [5.74, 6) is 0.